The average molecular weight is 269 g/mol. The smallest absolute Gasteiger partial charge is 0.131 e. The monoisotopic (exact) mass is 268 g/mol. The highest BCUT2D eigenvalue weighted by Crippen LogP contribution is 2.29. The van der Waals surface area contributed by atoms with Crippen molar-refractivity contribution in [3.63, 3.8) is 0 Å². The van der Waals surface area contributed by atoms with Crippen LogP contribution in [-0.2, 0) is 5.33 Å². The van der Waals surface area contributed by atoms with E-state index in [0.717, 1.165) is 11.1 Å². The summed E-state index contributed by atoms with van der Waals surface area (Å²) >= 11 is 3.45. The van der Waals surface area contributed by atoms with E-state index in [2.05, 4.69) is 45.9 Å². The third-order valence-corrected chi connectivity index (χ3v) is 3.87. The van der Waals surface area contributed by atoms with E-state index in [1.165, 1.54) is 30.4 Å². The Labute approximate surface area is 99.8 Å². The zero-order valence-electron chi connectivity index (χ0n) is 9.33. The van der Waals surface area contributed by atoms with Crippen LogP contribution in [0.3, 0.4) is 0 Å². The van der Waals surface area contributed by atoms with E-state index in [0.29, 0.717) is 6.04 Å². The van der Waals surface area contributed by atoms with Crippen molar-refractivity contribution in [1.29, 1.82) is 0 Å². The van der Waals surface area contributed by atoms with E-state index in [1.54, 1.807) is 0 Å². The van der Waals surface area contributed by atoms with E-state index in [1.807, 2.05) is 6.20 Å². The van der Waals surface area contributed by atoms with Crippen LogP contribution in [0, 0.1) is 6.92 Å². The number of hydrogen-bond acceptors (Lipinski definition) is 2. The number of aryl methyl sites for hydroxylation is 1. The van der Waals surface area contributed by atoms with Crippen LogP contribution in [0.15, 0.2) is 12.3 Å². The molecule has 0 bridgehead atoms. The second-order valence-electron chi connectivity index (χ2n) is 4.31. The van der Waals surface area contributed by atoms with Crippen molar-refractivity contribution >= 4 is 21.7 Å². The first-order valence-corrected chi connectivity index (χ1v) is 6.59. The van der Waals surface area contributed by atoms with Gasteiger partial charge in [0.05, 0.1) is 0 Å². The van der Waals surface area contributed by atoms with Crippen LogP contribution in [0.2, 0.25) is 0 Å². The maximum atomic E-state index is 4.55. The molecule has 0 N–H and O–H groups in total. The SMILES string of the molecule is Cc1cc(CBr)cnc1N(C)C1CCC1. The lowest BCUT2D eigenvalue weighted by molar-refractivity contribution is 0.399. The maximum Gasteiger partial charge on any atom is 0.131 e. The molecule has 0 atom stereocenters. The molecule has 1 saturated carbocycles. The molecule has 0 unspecified atom stereocenters. The van der Waals surface area contributed by atoms with Crippen molar-refractivity contribution in [2.24, 2.45) is 0 Å². The highest BCUT2D eigenvalue weighted by atomic mass is 79.9. The highest BCUT2D eigenvalue weighted by molar-refractivity contribution is 9.08. The summed E-state index contributed by atoms with van der Waals surface area (Å²) in [5.74, 6) is 1.14. The fraction of sp³-hybridized carbons (Fsp3) is 0.583. The van der Waals surface area contributed by atoms with E-state index in [9.17, 15) is 0 Å². The second-order valence-corrected chi connectivity index (χ2v) is 4.87. The fourth-order valence-electron chi connectivity index (χ4n) is 2.02. The summed E-state index contributed by atoms with van der Waals surface area (Å²) in [6.07, 6.45) is 5.97. The molecular formula is C12H17BrN2. The predicted octanol–water partition coefficient (Wildman–Crippen LogP) is 3.27. The van der Waals surface area contributed by atoms with Crippen LogP contribution in [0.5, 0.6) is 0 Å². The number of nitrogens with zero attached hydrogens (tertiary/aromatic N) is 2. The van der Waals surface area contributed by atoms with Gasteiger partial charge in [0.1, 0.15) is 5.82 Å². The quantitative estimate of drug-likeness (QED) is 0.783. The second kappa shape index (κ2) is 4.52. The first-order chi connectivity index (χ1) is 7.22. The Morgan fingerprint density at radius 3 is 2.73 bits per heavy atom. The number of alkyl halides is 1. The molecule has 1 fully saturated rings. The molecule has 1 aliphatic carbocycles. The molecule has 2 rings (SSSR count). The summed E-state index contributed by atoms with van der Waals surface area (Å²) < 4.78 is 0. The summed E-state index contributed by atoms with van der Waals surface area (Å²) in [6, 6.07) is 2.93. The van der Waals surface area contributed by atoms with E-state index in [-0.39, 0.29) is 0 Å². The normalized spacial score (nSPS) is 16.2. The summed E-state index contributed by atoms with van der Waals surface area (Å²) in [6.45, 7) is 2.14. The predicted molar refractivity (Wildman–Crippen MR) is 67.6 cm³/mol. The molecule has 0 aromatic carbocycles. The molecule has 1 aromatic rings. The topological polar surface area (TPSA) is 16.1 Å². The highest BCUT2D eigenvalue weighted by Gasteiger charge is 2.23. The molecule has 1 aromatic heterocycles. The Morgan fingerprint density at radius 2 is 2.27 bits per heavy atom. The summed E-state index contributed by atoms with van der Waals surface area (Å²) in [4.78, 5) is 6.88. The lowest BCUT2D eigenvalue weighted by Gasteiger charge is -2.36. The van der Waals surface area contributed by atoms with Crippen molar-refractivity contribution < 1.29 is 0 Å². The van der Waals surface area contributed by atoms with Crippen LogP contribution in [-0.4, -0.2) is 18.1 Å². The molecule has 0 amide bonds. The average Bonchev–Trinajstić information content (AvgIpc) is 2.14. The Morgan fingerprint density at radius 1 is 1.53 bits per heavy atom. The number of rotatable bonds is 3. The van der Waals surface area contributed by atoms with Gasteiger partial charge >= 0.3 is 0 Å². The molecule has 2 nitrogen and oxygen atoms in total. The zero-order valence-corrected chi connectivity index (χ0v) is 10.9. The van der Waals surface area contributed by atoms with Crippen molar-refractivity contribution in [1.82, 2.24) is 4.98 Å². The molecule has 0 spiro atoms. The number of aromatic nitrogens is 1. The van der Waals surface area contributed by atoms with Crippen molar-refractivity contribution in [3.8, 4) is 0 Å². The molecule has 1 heterocycles. The molecule has 82 valence electrons. The van der Waals surface area contributed by atoms with Crippen molar-refractivity contribution in [3.05, 3.63) is 23.4 Å². The molecule has 0 saturated heterocycles. The summed E-state index contributed by atoms with van der Waals surface area (Å²) in [5.41, 5.74) is 2.53. The van der Waals surface area contributed by atoms with Crippen LogP contribution in [0.4, 0.5) is 5.82 Å². The summed E-state index contributed by atoms with van der Waals surface area (Å²) in [7, 11) is 2.16. The van der Waals surface area contributed by atoms with Gasteiger partial charge in [-0.2, -0.15) is 0 Å². The third-order valence-electron chi connectivity index (χ3n) is 3.22. The molecule has 15 heavy (non-hydrogen) atoms. The largest absolute Gasteiger partial charge is 0.356 e. The minimum Gasteiger partial charge on any atom is -0.356 e. The van der Waals surface area contributed by atoms with Gasteiger partial charge in [0.25, 0.3) is 0 Å². The first-order valence-electron chi connectivity index (χ1n) is 5.46. The van der Waals surface area contributed by atoms with Crippen LogP contribution in [0.25, 0.3) is 0 Å². The number of anilines is 1. The Kier molecular flexibility index (Phi) is 3.29. The van der Waals surface area contributed by atoms with E-state index < -0.39 is 0 Å². The lowest BCUT2D eigenvalue weighted by atomic mass is 9.91. The lowest BCUT2D eigenvalue weighted by Crippen LogP contribution is -2.38. The van der Waals surface area contributed by atoms with Gasteiger partial charge in [0, 0.05) is 24.6 Å². The van der Waals surface area contributed by atoms with Crippen LogP contribution < -0.4 is 4.90 Å². The third kappa shape index (κ3) is 2.17. The van der Waals surface area contributed by atoms with Gasteiger partial charge in [-0.15, -0.1) is 0 Å². The fourth-order valence-corrected chi connectivity index (χ4v) is 2.32. The van der Waals surface area contributed by atoms with Gasteiger partial charge in [-0.3, -0.25) is 0 Å². The van der Waals surface area contributed by atoms with Gasteiger partial charge in [0.15, 0.2) is 0 Å². The molecule has 3 heteroatoms. The molecule has 0 radical (unpaired) electrons. The standard InChI is InChI=1S/C12H17BrN2/c1-9-6-10(7-13)8-14-12(9)15(2)11-4-3-5-11/h6,8,11H,3-5,7H2,1-2H3. The summed E-state index contributed by atoms with van der Waals surface area (Å²) in [5, 5.41) is 0.883. The van der Waals surface area contributed by atoms with Crippen molar-refractivity contribution in [2.75, 3.05) is 11.9 Å². The molecule has 0 aliphatic heterocycles. The number of halogens is 1. The minimum absolute atomic E-state index is 0.714. The minimum atomic E-state index is 0.714. The number of pyridine rings is 1. The van der Waals surface area contributed by atoms with Gasteiger partial charge in [-0.05, 0) is 37.3 Å². The molecular weight excluding hydrogens is 252 g/mol. The Hall–Kier alpha value is -0.570. The zero-order chi connectivity index (χ0) is 10.8. The van der Waals surface area contributed by atoms with Gasteiger partial charge in [-0.25, -0.2) is 4.98 Å². The Balaban J connectivity index is 2.19. The maximum absolute atomic E-state index is 4.55. The van der Waals surface area contributed by atoms with Crippen LogP contribution in [0.1, 0.15) is 30.4 Å². The van der Waals surface area contributed by atoms with Gasteiger partial charge < -0.3 is 4.90 Å². The molecule has 1 aliphatic rings. The van der Waals surface area contributed by atoms with E-state index >= 15 is 0 Å². The van der Waals surface area contributed by atoms with Gasteiger partial charge in [0.2, 0.25) is 0 Å². The number of hydrogen-bond donors (Lipinski definition) is 0. The first kappa shape index (κ1) is 10.9. The van der Waals surface area contributed by atoms with Crippen molar-refractivity contribution in [2.45, 2.75) is 37.6 Å². The van der Waals surface area contributed by atoms with Gasteiger partial charge in [-0.1, -0.05) is 22.0 Å². The Bertz CT molecular complexity index is 347. The van der Waals surface area contributed by atoms with Crippen LogP contribution >= 0.6 is 15.9 Å². The van der Waals surface area contributed by atoms with E-state index in [4.69, 9.17) is 0 Å².